The van der Waals surface area contributed by atoms with Crippen LogP contribution in [0.3, 0.4) is 0 Å². The van der Waals surface area contributed by atoms with Crippen LogP contribution in [0.25, 0.3) is 0 Å². The van der Waals surface area contributed by atoms with Gasteiger partial charge in [-0.25, -0.2) is 13.6 Å². The molecule has 0 bridgehead atoms. The van der Waals surface area contributed by atoms with Crippen LogP contribution in [0.5, 0.6) is 0 Å². The maximum atomic E-state index is 13.0. The molecule has 0 fully saturated rings. The molecular formula is C14H17F2NO3. The molecule has 1 aromatic carbocycles. The summed E-state index contributed by atoms with van der Waals surface area (Å²) in [6, 6.07) is 1.83. The van der Waals surface area contributed by atoms with E-state index in [-0.39, 0.29) is 12.0 Å². The van der Waals surface area contributed by atoms with Gasteiger partial charge in [0, 0.05) is 6.07 Å². The van der Waals surface area contributed by atoms with Gasteiger partial charge < -0.3 is 10.4 Å². The molecule has 0 aromatic heterocycles. The van der Waals surface area contributed by atoms with Crippen LogP contribution in [0.15, 0.2) is 18.2 Å². The molecule has 1 unspecified atom stereocenters. The molecule has 0 aliphatic rings. The smallest absolute Gasteiger partial charge is 0.326 e. The highest BCUT2D eigenvalue weighted by Gasteiger charge is 2.19. The van der Waals surface area contributed by atoms with Crippen molar-refractivity contribution in [1.82, 2.24) is 5.32 Å². The molecule has 0 spiro atoms. The van der Waals surface area contributed by atoms with Crippen LogP contribution >= 0.6 is 0 Å². The predicted octanol–water partition coefficient (Wildman–Crippen LogP) is 2.27. The minimum Gasteiger partial charge on any atom is -0.480 e. The monoisotopic (exact) mass is 285 g/mol. The Morgan fingerprint density at radius 1 is 1.25 bits per heavy atom. The van der Waals surface area contributed by atoms with Crippen LogP contribution in [0, 0.1) is 11.6 Å². The lowest BCUT2D eigenvalue weighted by Crippen LogP contribution is -2.41. The average molecular weight is 285 g/mol. The molecular weight excluding hydrogens is 268 g/mol. The number of carbonyl (C=O) groups is 2. The molecule has 1 aromatic rings. The second-order valence-corrected chi connectivity index (χ2v) is 4.56. The number of unbranched alkanes of at least 4 members (excludes halogenated alkanes) is 1. The third kappa shape index (κ3) is 5.34. The minimum absolute atomic E-state index is 0.166. The Hall–Kier alpha value is -1.98. The second kappa shape index (κ2) is 7.57. The molecule has 0 heterocycles. The van der Waals surface area contributed by atoms with E-state index in [4.69, 9.17) is 5.11 Å². The summed E-state index contributed by atoms with van der Waals surface area (Å²) in [5.41, 5.74) is 0.166. The van der Waals surface area contributed by atoms with Gasteiger partial charge in [-0.1, -0.05) is 19.8 Å². The van der Waals surface area contributed by atoms with Crippen molar-refractivity contribution in [3.63, 3.8) is 0 Å². The standard InChI is InChI=1S/C14H17F2NO3/c1-2-3-4-12(14(19)20)17-13(18)7-9-5-10(15)8-11(16)6-9/h5-6,8,12H,2-4,7H2,1H3,(H,17,18)(H,19,20). The first-order chi connectivity index (χ1) is 9.42. The number of carbonyl (C=O) groups excluding carboxylic acids is 1. The van der Waals surface area contributed by atoms with Crippen LogP contribution in [0.4, 0.5) is 8.78 Å². The van der Waals surface area contributed by atoms with Crippen molar-refractivity contribution in [3.8, 4) is 0 Å². The summed E-state index contributed by atoms with van der Waals surface area (Å²) >= 11 is 0. The molecule has 0 saturated carbocycles. The van der Waals surface area contributed by atoms with Crippen molar-refractivity contribution in [2.45, 2.75) is 38.6 Å². The van der Waals surface area contributed by atoms with E-state index >= 15 is 0 Å². The predicted molar refractivity (Wildman–Crippen MR) is 69.2 cm³/mol. The zero-order valence-electron chi connectivity index (χ0n) is 11.2. The Labute approximate surface area is 115 Å². The summed E-state index contributed by atoms with van der Waals surface area (Å²) < 4.78 is 25.9. The van der Waals surface area contributed by atoms with Gasteiger partial charge in [-0.2, -0.15) is 0 Å². The third-order valence-electron chi connectivity index (χ3n) is 2.77. The number of rotatable bonds is 7. The van der Waals surface area contributed by atoms with E-state index in [1.807, 2.05) is 6.92 Å². The number of halogens is 2. The van der Waals surface area contributed by atoms with Gasteiger partial charge in [-0.3, -0.25) is 4.79 Å². The molecule has 1 amide bonds. The highest BCUT2D eigenvalue weighted by atomic mass is 19.1. The summed E-state index contributed by atoms with van der Waals surface area (Å²) in [7, 11) is 0. The normalized spacial score (nSPS) is 11.9. The van der Waals surface area contributed by atoms with Gasteiger partial charge in [0.1, 0.15) is 17.7 Å². The van der Waals surface area contributed by atoms with Crippen LogP contribution in [0.1, 0.15) is 31.7 Å². The van der Waals surface area contributed by atoms with Gasteiger partial charge >= 0.3 is 5.97 Å². The van der Waals surface area contributed by atoms with Crippen molar-refractivity contribution in [3.05, 3.63) is 35.4 Å². The Balaban J connectivity index is 2.63. The van der Waals surface area contributed by atoms with Gasteiger partial charge in [0.2, 0.25) is 5.91 Å². The first kappa shape index (κ1) is 16.1. The summed E-state index contributed by atoms with van der Waals surface area (Å²) in [4.78, 5) is 22.7. The zero-order chi connectivity index (χ0) is 15.1. The van der Waals surface area contributed by atoms with E-state index in [1.54, 1.807) is 0 Å². The largest absolute Gasteiger partial charge is 0.480 e. The van der Waals surface area contributed by atoms with Crippen molar-refractivity contribution in [2.24, 2.45) is 0 Å². The molecule has 0 aliphatic carbocycles. The molecule has 4 nitrogen and oxygen atoms in total. The number of hydrogen-bond donors (Lipinski definition) is 2. The topological polar surface area (TPSA) is 66.4 Å². The molecule has 0 aliphatic heterocycles. The summed E-state index contributed by atoms with van der Waals surface area (Å²) in [6.45, 7) is 1.91. The van der Waals surface area contributed by atoms with Crippen LogP contribution in [-0.4, -0.2) is 23.0 Å². The summed E-state index contributed by atoms with van der Waals surface area (Å²) in [5, 5.41) is 11.3. The lowest BCUT2D eigenvalue weighted by atomic mass is 10.1. The van der Waals surface area contributed by atoms with E-state index in [0.717, 1.165) is 18.6 Å². The van der Waals surface area contributed by atoms with E-state index in [2.05, 4.69) is 5.32 Å². The van der Waals surface area contributed by atoms with Gasteiger partial charge in [-0.05, 0) is 24.1 Å². The van der Waals surface area contributed by atoms with Crippen molar-refractivity contribution in [1.29, 1.82) is 0 Å². The highest BCUT2D eigenvalue weighted by Crippen LogP contribution is 2.09. The van der Waals surface area contributed by atoms with Crippen LogP contribution in [0.2, 0.25) is 0 Å². The Morgan fingerprint density at radius 3 is 2.35 bits per heavy atom. The zero-order valence-corrected chi connectivity index (χ0v) is 11.2. The fourth-order valence-corrected chi connectivity index (χ4v) is 1.81. The molecule has 0 radical (unpaired) electrons. The number of benzene rings is 1. The van der Waals surface area contributed by atoms with E-state index in [0.29, 0.717) is 18.9 Å². The number of hydrogen-bond acceptors (Lipinski definition) is 2. The maximum absolute atomic E-state index is 13.0. The number of aliphatic carboxylic acids is 1. The Kier molecular flexibility index (Phi) is 6.09. The van der Waals surface area contributed by atoms with E-state index < -0.39 is 29.6 Å². The first-order valence-electron chi connectivity index (χ1n) is 6.39. The number of carboxylic acids is 1. The van der Waals surface area contributed by atoms with Gasteiger partial charge in [-0.15, -0.1) is 0 Å². The molecule has 2 N–H and O–H groups in total. The highest BCUT2D eigenvalue weighted by molar-refractivity contribution is 5.84. The fourth-order valence-electron chi connectivity index (χ4n) is 1.81. The second-order valence-electron chi connectivity index (χ2n) is 4.56. The van der Waals surface area contributed by atoms with Crippen LogP contribution in [-0.2, 0) is 16.0 Å². The Morgan fingerprint density at radius 2 is 1.85 bits per heavy atom. The quantitative estimate of drug-likeness (QED) is 0.807. The van der Waals surface area contributed by atoms with Crippen LogP contribution < -0.4 is 5.32 Å². The summed E-state index contributed by atoms with van der Waals surface area (Å²) in [6.07, 6.45) is 1.56. The lowest BCUT2D eigenvalue weighted by molar-refractivity contribution is -0.142. The molecule has 1 rings (SSSR count). The van der Waals surface area contributed by atoms with Crippen molar-refractivity contribution < 1.29 is 23.5 Å². The molecule has 6 heteroatoms. The molecule has 110 valence electrons. The third-order valence-corrected chi connectivity index (χ3v) is 2.77. The maximum Gasteiger partial charge on any atom is 0.326 e. The molecule has 0 saturated heterocycles. The number of nitrogens with one attached hydrogen (secondary N) is 1. The minimum atomic E-state index is -1.11. The van der Waals surface area contributed by atoms with Gasteiger partial charge in [0.15, 0.2) is 0 Å². The SMILES string of the molecule is CCCCC(NC(=O)Cc1cc(F)cc(F)c1)C(=O)O. The average Bonchev–Trinajstić information content (AvgIpc) is 2.32. The molecule has 20 heavy (non-hydrogen) atoms. The number of carboxylic acid groups (broad SMARTS) is 1. The fraction of sp³-hybridized carbons (Fsp3) is 0.429. The molecule has 1 atom stereocenters. The van der Waals surface area contributed by atoms with E-state index in [9.17, 15) is 18.4 Å². The number of amides is 1. The Bertz CT molecular complexity index is 471. The first-order valence-corrected chi connectivity index (χ1v) is 6.39. The summed E-state index contributed by atoms with van der Waals surface area (Å²) in [5.74, 6) is -3.22. The van der Waals surface area contributed by atoms with Crippen molar-refractivity contribution in [2.75, 3.05) is 0 Å². The van der Waals surface area contributed by atoms with Gasteiger partial charge in [0.05, 0.1) is 6.42 Å². The van der Waals surface area contributed by atoms with Crippen molar-refractivity contribution >= 4 is 11.9 Å². The van der Waals surface area contributed by atoms with Gasteiger partial charge in [0.25, 0.3) is 0 Å². The lowest BCUT2D eigenvalue weighted by Gasteiger charge is -2.14. The van der Waals surface area contributed by atoms with E-state index in [1.165, 1.54) is 0 Å².